The van der Waals surface area contributed by atoms with Crippen LogP contribution < -0.4 is 4.74 Å². The van der Waals surface area contributed by atoms with Gasteiger partial charge in [-0.2, -0.15) is 4.39 Å². The van der Waals surface area contributed by atoms with E-state index in [4.69, 9.17) is 14.2 Å². The molecule has 0 aliphatic carbocycles. The minimum absolute atomic E-state index is 0.0252. The molecule has 0 N–H and O–H groups in total. The van der Waals surface area contributed by atoms with Gasteiger partial charge in [-0.1, -0.05) is 82.3 Å². The fourth-order valence-electron chi connectivity index (χ4n) is 4.80. The Morgan fingerprint density at radius 3 is 1.87 bits per heavy atom. The first-order chi connectivity index (χ1) is 18.9. The van der Waals surface area contributed by atoms with E-state index >= 15 is 8.78 Å². The molecular formula is C32H36F4O3. The molecule has 0 atom stereocenters. The van der Waals surface area contributed by atoms with Gasteiger partial charge in [-0.05, 0) is 36.1 Å². The Hall–Kier alpha value is -2.90. The van der Waals surface area contributed by atoms with Crippen LogP contribution in [0.2, 0.25) is 0 Å². The maximum atomic E-state index is 15.1. The van der Waals surface area contributed by atoms with Crippen molar-refractivity contribution in [1.82, 2.24) is 0 Å². The van der Waals surface area contributed by atoms with Crippen molar-refractivity contribution >= 4 is 0 Å². The van der Waals surface area contributed by atoms with Gasteiger partial charge in [0, 0.05) is 22.6 Å². The number of hydrogen-bond donors (Lipinski definition) is 0. The fourth-order valence-corrected chi connectivity index (χ4v) is 4.80. The van der Waals surface area contributed by atoms with Gasteiger partial charge in [0.1, 0.15) is 0 Å². The van der Waals surface area contributed by atoms with Crippen molar-refractivity contribution in [1.29, 1.82) is 0 Å². The first-order valence-corrected chi connectivity index (χ1v) is 13.9. The Bertz CT molecular complexity index is 1220. The number of hydrogen-bond acceptors (Lipinski definition) is 3. The highest BCUT2D eigenvalue weighted by molar-refractivity contribution is 5.71. The average Bonchev–Trinajstić information content (AvgIpc) is 2.96. The summed E-state index contributed by atoms with van der Waals surface area (Å²) in [4.78, 5) is 0. The third-order valence-electron chi connectivity index (χ3n) is 7.06. The van der Waals surface area contributed by atoms with E-state index in [1.807, 2.05) is 6.92 Å². The molecule has 3 aromatic rings. The summed E-state index contributed by atoms with van der Waals surface area (Å²) in [7, 11) is 0. The van der Waals surface area contributed by atoms with Crippen molar-refractivity contribution in [2.24, 2.45) is 5.92 Å². The second kappa shape index (κ2) is 13.9. The number of rotatable bonds is 12. The van der Waals surface area contributed by atoms with E-state index < -0.39 is 29.6 Å². The lowest BCUT2D eigenvalue weighted by molar-refractivity contribution is -0.207. The summed E-state index contributed by atoms with van der Waals surface area (Å²) >= 11 is 0. The molecule has 0 bridgehead atoms. The molecule has 0 spiro atoms. The smallest absolute Gasteiger partial charge is 0.201 e. The molecule has 1 heterocycles. The first kappa shape index (κ1) is 29.1. The van der Waals surface area contributed by atoms with Crippen LogP contribution in [0.15, 0.2) is 48.5 Å². The zero-order chi connectivity index (χ0) is 27.8. The van der Waals surface area contributed by atoms with Crippen LogP contribution >= 0.6 is 0 Å². The molecular weight excluding hydrogens is 508 g/mol. The summed E-state index contributed by atoms with van der Waals surface area (Å²) in [6.45, 7) is 5.24. The summed E-state index contributed by atoms with van der Waals surface area (Å²) in [6.07, 6.45) is 6.68. The van der Waals surface area contributed by atoms with Crippen LogP contribution in [0, 0.1) is 29.2 Å². The van der Waals surface area contributed by atoms with E-state index in [0.717, 1.165) is 12.8 Å². The lowest BCUT2D eigenvalue weighted by Crippen LogP contribution is -2.27. The van der Waals surface area contributed by atoms with Crippen LogP contribution in [0.3, 0.4) is 0 Å². The van der Waals surface area contributed by atoms with Crippen LogP contribution in [-0.4, -0.2) is 19.8 Å². The highest BCUT2D eigenvalue weighted by atomic mass is 19.2. The molecule has 39 heavy (non-hydrogen) atoms. The molecule has 0 aromatic heterocycles. The predicted molar refractivity (Wildman–Crippen MR) is 144 cm³/mol. The SMILES string of the molecule is CCCCCCCC1COC(c2ccc(-c3ccc(-c4ccc(OCCC)c(F)c4F)cc3)c(F)c2F)OC1. The highest BCUT2D eigenvalue weighted by Crippen LogP contribution is 2.35. The van der Waals surface area contributed by atoms with Gasteiger partial charge in [0.15, 0.2) is 29.5 Å². The second-order valence-electron chi connectivity index (χ2n) is 10.1. The Morgan fingerprint density at radius 1 is 0.667 bits per heavy atom. The van der Waals surface area contributed by atoms with E-state index in [1.54, 1.807) is 24.3 Å². The predicted octanol–water partition coefficient (Wildman–Crippen LogP) is 9.39. The van der Waals surface area contributed by atoms with Gasteiger partial charge in [0.05, 0.1) is 19.8 Å². The van der Waals surface area contributed by atoms with Crippen molar-refractivity contribution < 1.29 is 31.8 Å². The fraction of sp³-hybridized carbons (Fsp3) is 0.438. The quantitative estimate of drug-likeness (QED) is 0.168. The maximum absolute atomic E-state index is 15.1. The lowest BCUT2D eigenvalue weighted by atomic mass is 9.98. The van der Waals surface area contributed by atoms with E-state index in [1.165, 1.54) is 49.9 Å². The minimum Gasteiger partial charge on any atom is -0.490 e. The van der Waals surface area contributed by atoms with E-state index in [2.05, 4.69) is 6.92 Å². The molecule has 1 fully saturated rings. The highest BCUT2D eigenvalue weighted by Gasteiger charge is 2.28. The van der Waals surface area contributed by atoms with Gasteiger partial charge in [-0.15, -0.1) is 0 Å². The van der Waals surface area contributed by atoms with Crippen LogP contribution in [0.1, 0.15) is 70.6 Å². The van der Waals surface area contributed by atoms with E-state index in [9.17, 15) is 8.78 Å². The third-order valence-corrected chi connectivity index (χ3v) is 7.06. The van der Waals surface area contributed by atoms with Crippen LogP contribution in [0.5, 0.6) is 5.75 Å². The summed E-state index contributed by atoms with van der Waals surface area (Å²) in [5.41, 5.74) is 0.934. The number of halogens is 4. The standard InChI is InChI=1S/C32H36F4O3/c1-3-5-6-7-8-9-21-19-38-32(39-20-21)26-15-14-24(28(33)30(26)35)22-10-12-23(13-11-22)25-16-17-27(37-18-4-2)31(36)29(25)34/h10-17,21,32H,3-9,18-20H2,1-2H3. The molecule has 4 rings (SSSR count). The molecule has 0 radical (unpaired) electrons. The molecule has 1 saturated heterocycles. The van der Waals surface area contributed by atoms with Crippen molar-refractivity contribution in [3.63, 3.8) is 0 Å². The molecule has 3 aromatic carbocycles. The molecule has 0 unspecified atom stereocenters. The largest absolute Gasteiger partial charge is 0.490 e. The molecule has 210 valence electrons. The molecule has 7 heteroatoms. The summed E-state index contributed by atoms with van der Waals surface area (Å²) in [5, 5.41) is 0. The van der Waals surface area contributed by atoms with Crippen LogP contribution in [0.4, 0.5) is 17.6 Å². The van der Waals surface area contributed by atoms with Gasteiger partial charge in [-0.25, -0.2) is 13.2 Å². The van der Waals surface area contributed by atoms with Gasteiger partial charge in [-0.3, -0.25) is 0 Å². The maximum Gasteiger partial charge on any atom is 0.201 e. The molecule has 1 aliphatic heterocycles. The molecule has 1 aliphatic rings. The second-order valence-corrected chi connectivity index (χ2v) is 10.1. The zero-order valence-corrected chi connectivity index (χ0v) is 22.6. The Labute approximate surface area is 228 Å². The van der Waals surface area contributed by atoms with Crippen molar-refractivity contribution in [3.8, 4) is 28.0 Å². The average molecular weight is 545 g/mol. The molecule has 0 saturated carbocycles. The Morgan fingerprint density at radius 2 is 1.26 bits per heavy atom. The van der Waals surface area contributed by atoms with Crippen LogP contribution in [0.25, 0.3) is 22.3 Å². The van der Waals surface area contributed by atoms with Gasteiger partial charge < -0.3 is 14.2 Å². The van der Waals surface area contributed by atoms with Crippen molar-refractivity contribution in [2.75, 3.05) is 19.8 Å². The Balaban J connectivity index is 1.42. The monoisotopic (exact) mass is 544 g/mol. The van der Waals surface area contributed by atoms with Crippen LogP contribution in [-0.2, 0) is 9.47 Å². The summed E-state index contributed by atoms with van der Waals surface area (Å²) in [6, 6.07) is 12.0. The van der Waals surface area contributed by atoms with Gasteiger partial charge in [0.25, 0.3) is 0 Å². The summed E-state index contributed by atoms with van der Waals surface area (Å²) in [5.74, 6) is -4.00. The number of unbranched alkanes of at least 4 members (excludes halogenated alkanes) is 4. The first-order valence-electron chi connectivity index (χ1n) is 13.9. The van der Waals surface area contributed by atoms with Gasteiger partial charge >= 0.3 is 0 Å². The number of benzene rings is 3. The number of ether oxygens (including phenoxy) is 3. The molecule has 3 nitrogen and oxygen atoms in total. The van der Waals surface area contributed by atoms with Crippen molar-refractivity contribution in [3.05, 3.63) is 77.4 Å². The molecule has 0 amide bonds. The van der Waals surface area contributed by atoms with E-state index in [-0.39, 0.29) is 35.0 Å². The zero-order valence-electron chi connectivity index (χ0n) is 22.6. The minimum atomic E-state index is -1.06. The Kier molecular flexibility index (Phi) is 10.4. The lowest BCUT2D eigenvalue weighted by Gasteiger charge is -2.30. The third kappa shape index (κ3) is 7.00. The topological polar surface area (TPSA) is 27.7 Å². The van der Waals surface area contributed by atoms with Gasteiger partial charge in [0.2, 0.25) is 5.82 Å². The van der Waals surface area contributed by atoms with Crippen molar-refractivity contribution in [2.45, 2.75) is 65.1 Å². The van der Waals surface area contributed by atoms with E-state index in [0.29, 0.717) is 30.8 Å². The normalized spacial score (nSPS) is 17.4. The summed E-state index contributed by atoms with van der Waals surface area (Å²) < 4.78 is 76.0.